The second-order valence-corrected chi connectivity index (χ2v) is 8.43. The maximum atomic E-state index is 13.1. The van der Waals surface area contributed by atoms with Gasteiger partial charge in [0.2, 0.25) is 5.91 Å². The third-order valence-electron chi connectivity index (χ3n) is 5.73. The quantitative estimate of drug-likeness (QED) is 0.609. The Kier molecular flexibility index (Phi) is 5.52. The number of halogens is 5. The Morgan fingerprint density at radius 3 is 2.48 bits per heavy atom. The number of nitrogens with zero attached hydrogens (tertiary/aromatic N) is 1. The average Bonchev–Trinajstić information content (AvgIpc) is 2.97. The molecule has 2 heterocycles. The molecule has 0 radical (unpaired) electrons. The number of nitrogens with one attached hydrogen (secondary N) is 1. The van der Waals surface area contributed by atoms with Crippen molar-refractivity contribution in [3.8, 4) is 0 Å². The van der Waals surface area contributed by atoms with Crippen LogP contribution in [0.1, 0.15) is 39.9 Å². The lowest BCUT2D eigenvalue weighted by atomic mass is 9.81. The third kappa shape index (κ3) is 4.04. The Bertz CT molecular complexity index is 1090. The molecule has 0 aromatic heterocycles. The number of fused-ring (bicyclic) bond motifs is 2. The van der Waals surface area contributed by atoms with Gasteiger partial charge in [0.05, 0.1) is 11.1 Å². The van der Waals surface area contributed by atoms with Crippen LogP contribution in [0.4, 0.5) is 13.2 Å². The van der Waals surface area contributed by atoms with Gasteiger partial charge in [-0.15, -0.1) is 0 Å². The van der Waals surface area contributed by atoms with E-state index in [0.29, 0.717) is 47.1 Å². The van der Waals surface area contributed by atoms with Gasteiger partial charge in [-0.1, -0.05) is 41.4 Å². The molecule has 31 heavy (non-hydrogen) atoms. The molecular formula is C22H17Cl2F3N2O2. The Balaban J connectivity index is 1.49. The zero-order valence-corrected chi connectivity index (χ0v) is 17.6. The molecule has 2 aliphatic heterocycles. The topological polar surface area (TPSA) is 49.4 Å². The van der Waals surface area contributed by atoms with Gasteiger partial charge in [0.25, 0.3) is 5.91 Å². The van der Waals surface area contributed by atoms with E-state index < -0.39 is 23.2 Å². The molecule has 4 rings (SSSR count). The zero-order valence-electron chi connectivity index (χ0n) is 16.1. The number of rotatable bonds is 2. The van der Waals surface area contributed by atoms with E-state index in [1.54, 1.807) is 17.0 Å². The van der Waals surface area contributed by atoms with Crippen LogP contribution in [0.2, 0.25) is 10.0 Å². The monoisotopic (exact) mass is 468 g/mol. The highest BCUT2D eigenvalue weighted by Gasteiger charge is 2.46. The molecule has 1 saturated heterocycles. The van der Waals surface area contributed by atoms with Crippen LogP contribution in [0.5, 0.6) is 0 Å². The van der Waals surface area contributed by atoms with Gasteiger partial charge in [-0.2, -0.15) is 13.2 Å². The highest BCUT2D eigenvalue weighted by atomic mass is 35.5. The molecule has 2 aromatic rings. The van der Waals surface area contributed by atoms with Crippen molar-refractivity contribution in [3.63, 3.8) is 0 Å². The van der Waals surface area contributed by atoms with E-state index >= 15 is 0 Å². The van der Waals surface area contributed by atoms with Gasteiger partial charge in [0, 0.05) is 40.3 Å². The Labute approximate surface area is 186 Å². The first-order valence-corrected chi connectivity index (χ1v) is 10.3. The summed E-state index contributed by atoms with van der Waals surface area (Å²) in [5, 5.41) is 3.74. The van der Waals surface area contributed by atoms with Crippen LogP contribution in [-0.2, 0) is 16.5 Å². The van der Waals surface area contributed by atoms with Crippen molar-refractivity contribution in [3.05, 3.63) is 74.8 Å². The van der Waals surface area contributed by atoms with Crippen molar-refractivity contribution >= 4 is 41.1 Å². The number of hydrogen-bond donors (Lipinski definition) is 1. The number of piperidine rings is 1. The Morgan fingerprint density at radius 2 is 1.81 bits per heavy atom. The van der Waals surface area contributed by atoms with Gasteiger partial charge < -0.3 is 10.2 Å². The number of hydrogen-bond acceptors (Lipinski definition) is 2. The van der Waals surface area contributed by atoms with Crippen molar-refractivity contribution < 1.29 is 22.8 Å². The molecule has 0 atom stereocenters. The highest BCUT2D eigenvalue weighted by Crippen LogP contribution is 2.44. The van der Waals surface area contributed by atoms with E-state index in [-0.39, 0.29) is 11.5 Å². The fourth-order valence-electron chi connectivity index (χ4n) is 4.24. The first kappa shape index (κ1) is 21.7. The maximum Gasteiger partial charge on any atom is 0.416 e. The van der Waals surface area contributed by atoms with Gasteiger partial charge in [0.15, 0.2) is 0 Å². The smallest absolute Gasteiger partial charge is 0.342 e. The molecule has 1 N–H and O–H groups in total. The van der Waals surface area contributed by atoms with Crippen LogP contribution in [0.25, 0.3) is 6.08 Å². The van der Waals surface area contributed by atoms with Crippen LogP contribution >= 0.6 is 23.2 Å². The molecule has 1 spiro atoms. The van der Waals surface area contributed by atoms with Crippen molar-refractivity contribution in [2.24, 2.45) is 0 Å². The van der Waals surface area contributed by atoms with Crippen molar-refractivity contribution in [1.82, 2.24) is 10.2 Å². The molecule has 0 aliphatic carbocycles. The summed E-state index contributed by atoms with van der Waals surface area (Å²) >= 11 is 12.4. The highest BCUT2D eigenvalue weighted by molar-refractivity contribution is 6.36. The van der Waals surface area contributed by atoms with Crippen LogP contribution in [0.15, 0.2) is 42.5 Å². The molecule has 4 nitrogen and oxygen atoms in total. The molecule has 0 bridgehead atoms. The SMILES string of the molecule is O=C1NC2(CCN(C(=O)/C=C/c3ccccc3C(F)(F)F)CC2)c2c(Cl)cc(Cl)cc21. The van der Waals surface area contributed by atoms with E-state index in [2.05, 4.69) is 5.32 Å². The third-order valence-corrected chi connectivity index (χ3v) is 6.25. The van der Waals surface area contributed by atoms with Crippen molar-refractivity contribution in [2.75, 3.05) is 13.1 Å². The largest absolute Gasteiger partial charge is 0.416 e. The molecule has 2 aromatic carbocycles. The van der Waals surface area contributed by atoms with E-state index in [4.69, 9.17) is 23.2 Å². The number of carbonyl (C=O) groups excluding carboxylic acids is 2. The summed E-state index contributed by atoms with van der Waals surface area (Å²) in [5.41, 5.74) is -0.434. The number of likely N-dealkylation sites (tertiary alicyclic amines) is 1. The summed E-state index contributed by atoms with van der Waals surface area (Å²) in [6, 6.07) is 8.24. The number of carbonyl (C=O) groups is 2. The van der Waals surface area contributed by atoms with E-state index in [9.17, 15) is 22.8 Å². The molecular weight excluding hydrogens is 452 g/mol. The van der Waals surface area contributed by atoms with E-state index in [1.165, 1.54) is 24.3 Å². The lowest BCUT2D eigenvalue weighted by molar-refractivity contribution is -0.137. The first-order chi connectivity index (χ1) is 14.6. The minimum Gasteiger partial charge on any atom is -0.342 e. The summed E-state index contributed by atoms with van der Waals surface area (Å²) in [7, 11) is 0. The number of benzene rings is 2. The van der Waals surface area contributed by atoms with Crippen LogP contribution < -0.4 is 5.32 Å². The predicted molar refractivity (Wildman–Crippen MR) is 112 cm³/mol. The average molecular weight is 469 g/mol. The summed E-state index contributed by atoms with van der Waals surface area (Å²) in [5.74, 6) is -0.651. The summed E-state index contributed by atoms with van der Waals surface area (Å²) in [4.78, 5) is 26.6. The molecule has 0 saturated carbocycles. The summed E-state index contributed by atoms with van der Waals surface area (Å²) in [6.07, 6.45) is -1.30. The van der Waals surface area contributed by atoms with Crippen molar-refractivity contribution in [1.29, 1.82) is 0 Å². The molecule has 9 heteroatoms. The second-order valence-electron chi connectivity index (χ2n) is 7.59. The van der Waals surface area contributed by atoms with Crippen molar-refractivity contribution in [2.45, 2.75) is 24.6 Å². The number of alkyl halides is 3. The fraction of sp³-hybridized carbons (Fsp3) is 0.273. The first-order valence-electron chi connectivity index (χ1n) is 9.56. The molecule has 162 valence electrons. The zero-order chi connectivity index (χ0) is 22.4. The van der Waals surface area contributed by atoms with Crippen LogP contribution in [-0.4, -0.2) is 29.8 Å². The molecule has 0 unspecified atom stereocenters. The molecule has 1 fully saturated rings. The van der Waals surface area contributed by atoms with E-state index in [1.807, 2.05) is 0 Å². The van der Waals surface area contributed by atoms with Crippen LogP contribution in [0, 0.1) is 0 Å². The summed E-state index contributed by atoms with van der Waals surface area (Å²) in [6.45, 7) is 0.644. The Morgan fingerprint density at radius 1 is 1.13 bits per heavy atom. The van der Waals surface area contributed by atoms with Gasteiger partial charge in [-0.3, -0.25) is 9.59 Å². The van der Waals surface area contributed by atoms with Gasteiger partial charge in [-0.05, 0) is 42.7 Å². The van der Waals surface area contributed by atoms with Gasteiger partial charge >= 0.3 is 6.18 Å². The maximum absolute atomic E-state index is 13.1. The lowest BCUT2D eigenvalue weighted by Gasteiger charge is -2.39. The molecule has 2 amide bonds. The Hall–Kier alpha value is -2.51. The number of amides is 2. The van der Waals surface area contributed by atoms with Crippen LogP contribution in [0.3, 0.4) is 0 Å². The minimum absolute atomic E-state index is 0.0718. The summed E-state index contributed by atoms with van der Waals surface area (Å²) < 4.78 is 39.4. The minimum atomic E-state index is -4.50. The van der Waals surface area contributed by atoms with Gasteiger partial charge in [-0.25, -0.2) is 0 Å². The molecule has 2 aliphatic rings. The van der Waals surface area contributed by atoms with E-state index in [0.717, 1.165) is 12.1 Å². The fourth-order valence-corrected chi connectivity index (χ4v) is 4.91. The standard InChI is InChI=1S/C22H17Cl2F3N2O2/c23-14-11-15-19(17(24)12-14)21(28-20(15)31)7-9-29(10-8-21)18(30)6-5-13-3-1-2-4-16(13)22(25,26)27/h1-6,11-12H,7-10H2,(H,28,31)/b6-5+. The van der Waals surface area contributed by atoms with Gasteiger partial charge in [0.1, 0.15) is 0 Å². The lowest BCUT2D eigenvalue weighted by Crippen LogP contribution is -2.50. The second kappa shape index (κ2) is 7.88. The predicted octanol–water partition coefficient (Wildman–Crippen LogP) is 5.29. The normalized spacial score (nSPS) is 17.8.